The van der Waals surface area contributed by atoms with Gasteiger partial charge in [0.25, 0.3) is 0 Å². The van der Waals surface area contributed by atoms with Crippen molar-refractivity contribution in [2.75, 3.05) is 0 Å². The van der Waals surface area contributed by atoms with Gasteiger partial charge in [-0.1, -0.05) is 25.7 Å². The number of aliphatic hydroxyl groups excluding tert-OH is 2. The first-order valence-electron chi connectivity index (χ1n) is 5.63. The molecular weight excluding hydrogens is 164 g/mol. The van der Waals surface area contributed by atoms with Gasteiger partial charge in [0.05, 0.1) is 12.2 Å². The molecule has 0 aromatic rings. The smallest absolute Gasteiger partial charge is 0.0801 e. The lowest BCUT2D eigenvalue weighted by Crippen LogP contribution is -2.26. The van der Waals surface area contributed by atoms with Crippen LogP contribution in [-0.4, -0.2) is 22.4 Å². The fourth-order valence-corrected chi connectivity index (χ4v) is 3.02. The van der Waals surface area contributed by atoms with Gasteiger partial charge in [-0.15, -0.1) is 0 Å². The van der Waals surface area contributed by atoms with Crippen molar-refractivity contribution in [2.45, 2.75) is 57.2 Å². The molecule has 4 unspecified atom stereocenters. The molecule has 13 heavy (non-hydrogen) atoms. The number of aliphatic hydroxyl groups is 2. The maximum atomic E-state index is 9.65. The molecule has 0 amide bonds. The van der Waals surface area contributed by atoms with E-state index in [1.165, 1.54) is 25.7 Å². The normalized spacial score (nSPS) is 46.6. The predicted octanol–water partition coefficient (Wildman–Crippen LogP) is 1.70. The van der Waals surface area contributed by atoms with Crippen LogP contribution in [-0.2, 0) is 0 Å². The predicted molar refractivity (Wildman–Crippen MR) is 51.3 cm³/mol. The molecule has 0 aromatic heterocycles. The first-order valence-corrected chi connectivity index (χ1v) is 5.63. The molecule has 2 N–H and O–H groups in total. The van der Waals surface area contributed by atoms with Gasteiger partial charge in [-0.2, -0.15) is 0 Å². The summed E-state index contributed by atoms with van der Waals surface area (Å²) in [6.45, 7) is 0. The van der Waals surface area contributed by atoms with Gasteiger partial charge >= 0.3 is 0 Å². The minimum atomic E-state index is -0.453. The van der Waals surface area contributed by atoms with Crippen LogP contribution in [0.15, 0.2) is 0 Å². The third-order valence-electron chi connectivity index (χ3n) is 3.89. The Morgan fingerprint density at radius 2 is 1.38 bits per heavy atom. The van der Waals surface area contributed by atoms with Crippen molar-refractivity contribution in [3.63, 3.8) is 0 Å². The molecule has 2 heteroatoms. The molecule has 2 nitrogen and oxygen atoms in total. The van der Waals surface area contributed by atoms with Gasteiger partial charge in [-0.3, -0.25) is 0 Å². The molecule has 0 heterocycles. The fraction of sp³-hybridized carbons (Fsp3) is 1.00. The zero-order valence-corrected chi connectivity index (χ0v) is 8.15. The highest BCUT2D eigenvalue weighted by Gasteiger charge is 2.32. The maximum Gasteiger partial charge on any atom is 0.0801 e. The Hall–Kier alpha value is -0.0800. The number of fused-ring (bicyclic) bond motifs is 1. The average molecular weight is 184 g/mol. The number of hydrogen-bond acceptors (Lipinski definition) is 2. The van der Waals surface area contributed by atoms with E-state index >= 15 is 0 Å². The van der Waals surface area contributed by atoms with E-state index in [1.807, 2.05) is 0 Å². The van der Waals surface area contributed by atoms with Crippen LogP contribution in [0.5, 0.6) is 0 Å². The highest BCUT2D eigenvalue weighted by molar-refractivity contribution is 4.84. The monoisotopic (exact) mass is 184 g/mol. The largest absolute Gasteiger partial charge is 0.390 e. The van der Waals surface area contributed by atoms with Crippen molar-refractivity contribution in [1.29, 1.82) is 0 Å². The summed E-state index contributed by atoms with van der Waals surface area (Å²) in [6, 6.07) is 0. The standard InChI is InChI=1S/C11H20O2/c12-10-6-5-8-3-1-2-4-9(8)7-11(10)13/h8-13H,1-7H2. The molecule has 2 fully saturated rings. The first-order chi connectivity index (χ1) is 6.27. The molecule has 0 saturated heterocycles. The van der Waals surface area contributed by atoms with Crippen molar-refractivity contribution < 1.29 is 10.2 Å². The SMILES string of the molecule is OC1CCC2CCCCC2CC1O. The van der Waals surface area contributed by atoms with Crippen LogP contribution in [0.25, 0.3) is 0 Å². The van der Waals surface area contributed by atoms with Crippen molar-refractivity contribution in [1.82, 2.24) is 0 Å². The van der Waals surface area contributed by atoms with Crippen LogP contribution >= 0.6 is 0 Å². The van der Waals surface area contributed by atoms with Crippen LogP contribution in [0.2, 0.25) is 0 Å². The van der Waals surface area contributed by atoms with Gasteiger partial charge in [-0.25, -0.2) is 0 Å². The van der Waals surface area contributed by atoms with Gasteiger partial charge in [0.2, 0.25) is 0 Å². The minimum absolute atomic E-state index is 0.451. The molecule has 0 spiro atoms. The third kappa shape index (κ3) is 2.05. The van der Waals surface area contributed by atoms with E-state index in [1.54, 1.807) is 0 Å². The van der Waals surface area contributed by atoms with E-state index in [-0.39, 0.29) is 0 Å². The van der Waals surface area contributed by atoms with Crippen LogP contribution in [0.4, 0.5) is 0 Å². The quantitative estimate of drug-likeness (QED) is 0.601. The summed E-state index contributed by atoms with van der Waals surface area (Å²) in [5.41, 5.74) is 0. The van der Waals surface area contributed by atoms with E-state index in [0.717, 1.165) is 25.2 Å². The molecule has 2 aliphatic carbocycles. The summed E-state index contributed by atoms with van der Waals surface area (Å²) in [4.78, 5) is 0. The van der Waals surface area contributed by atoms with E-state index in [2.05, 4.69) is 0 Å². The van der Waals surface area contributed by atoms with E-state index in [0.29, 0.717) is 5.92 Å². The second-order valence-corrected chi connectivity index (χ2v) is 4.75. The molecule has 76 valence electrons. The van der Waals surface area contributed by atoms with Crippen LogP contribution < -0.4 is 0 Å². The van der Waals surface area contributed by atoms with Crippen molar-refractivity contribution >= 4 is 0 Å². The molecular formula is C11H20O2. The summed E-state index contributed by atoms with van der Waals surface area (Å²) >= 11 is 0. The lowest BCUT2D eigenvalue weighted by molar-refractivity contribution is 0.00854. The first kappa shape index (κ1) is 9.47. The van der Waals surface area contributed by atoms with Gasteiger partial charge in [0.15, 0.2) is 0 Å². The van der Waals surface area contributed by atoms with Crippen LogP contribution in [0, 0.1) is 11.8 Å². The summed E-state index contributed by atoms with van der Waals surface area (Å²) in [5, 5.41) is 19.2. The van der Waals surface area contributed by atoms with Gasteiger partial charge in [-0.05, 0) is 31.1 Å². The highest BCUT2D eigenvalue weighted by atomic mass is 16.3. The summed E-state index contributed by atoms with van der Waals surface area (Å²) in [7, 11) is 0. The van der Waals surface area contributed by atoms with Gasteiger partial charge in [0, 0.05) is 0 Å². The average Bonchev–Trinajstić information content (AvgIpc) is 2.28. The summed E-state index contributed by atoms with van der Waals surface area (Å²) in [5.74, 6) is 1.49. The third-order valence-corrected chi connectivity index (χ3v) is 3.89. The Labute approximate surface area is 80.0 Å². The van der Waals surface area contributed by atoms with Crippen molar-refractivity contribution in [3.05, 3.63) is 0 Å². The van der Waals surface area contributed by atoms with Crippen LogP contribution in [0.3, 0.4) is 0 Å². The topological polar surface area (TPSA) is 40.5 Å². The Balaban J connectivity index is 2.00. The fourth-order valence-electron chi connectivity index (χ4n) is 3.02. The molecule has 0 aliphatic heterocycles. The summed E-state index contributed by atoms with van der Waals surface area (Å²) < 4.78 is 0. The minimum Gasteiger partial charge on any atom is -0.390 e. The van der Waals surface area contributed by atoms with Gasteiger partial charge < -0.3 is 10.2 Å². The van der Waals surface area contributed by atoms with Crippen LogP contribution in [0.1, 0.15) is 44.9 Å². The van der Waals surface area contributed by atoms with Gasteiger partial charge in [0.1, 0.15) is 0 Å². The Bertz CT molecular complexity index is 169. The Morgan fingerprint density at radius 1 is 0.692 bits per heavy atom. The molecule has 4 atom stereocenters. The number of rotatable bonds is 0. The zero-order chi connectivity index (χ0) is 9.26. The highest BCUT2D eigenvalue weighted by Crippen LogP contribution is 2.39. The van der Waals surface area contributed by atoms with Crippen molar-refractivity contribution in [3.8, 4) is 0 Å². The summed E-state index contributed by atoms with van der Waals surface area (Å²) in [6.07, 6.45) is 7.14. The number of hydrogen-bond donors (Lipinski definition) is 2. The second-order valence-electron chi connectivity index (χ2n) is 4.75. The van der Waals surface area contributed by atoms with E-state index in [9.17, 15) is 10.2 Å². The second kappa shape index (κ2) is 3.97. The molecule has 2 saturated carbocycles. The molecule has 2 aliphatic rings. The lowest BCUT2D eigenvalue weighted by Gasteiger charge is -2.30. The molecule has 0 radical (unpaired) electrons. The zero-order valence-electron chi connectivity index (χ0n) is 8.15. The van der Waals surface area contributed by atoms with Crippen molar-refractivity contribution in [2.24, 2.45) is 11.8 Å². The van der Waals surface area contributed by atoms with E-state index < -0.39 is 12.2 Å². The Morgan fingerprint density at radius 3 is 2.15 bits per heavy atom. The Kier molecular flexibility index (Phi) is 2.89. The van der Waals surface area contributed by atoms with E-state index in [4.69, 9.17) is 0 Å². The molecule has 0 bridgehead atoms. The lowest BCUT2D eigenvalue weighted by atomic mass is 9.76. The maximum absolute atomic E-state index is 9.65. The molecule has 0 aromatic carbocycles. The molecule has 2 rings (SSSR count).